The molecule has 0 spiro atoms. The minimum Gasteiger partial charge on any atom is -0.388 e. The van der Waals surface area contributed by atoms with Gasteiger partial charge in [0.1, 0.15) is 12.2 Å². The number of hydrogen-bond acceptors (Lipinski definition) is 4. The molecule has 4 unspecified atom stereocenters. The van der Waals surface area contributed by atoms with Crippen LogP contribution >= 0.6 is 46.4 Å². The number of rotatable bonds is 2. The second-order valence-electron chi connectivity index (χ2n) is 3.97. The summed E-state index contributed by atoms with van der Waals surface area (Å²) in [5.74, 6) is -1.74. The van der Waals surface area contributed by atoms with Crippen molar-refractivity contribution in [2.24, 2.45) is 0 Å². The Bertz CT molecular complexity index is 364. The Morgan fingerprint density at radius 2 is 1.24 bits per heavy atom. The van der Waals surface area contributed by atoms with Crippen LogP contribution in [0.2, 0.25) is 0 Å². The molecule has 4 nitrogen and oxygen atoms in total. The van der Waals surface area contributed by atoms with E-state index in [0.29, 0.717) is 0 Å². The molecular weight excluding hydrogens is 314 g/mol. The summed E-state index contributed by atoms with van der Waals surface area (Å²) in [5.41, 5.74) is 0. The standard InChI is InChI=1S/C9H10Cl4O4/c1-16-9(17-2)7(12)3(10)4(11)8(9,13)6(15)5(7)14/h5-6,14-15H,1-2H3. The lowest BCUT2D eigenvalue weighted by Gasteiger charge is -2.40. The van der Waals surface area contributed by atoms with Crippen LogP contribution in [-0.4, -0.2) is 52.2 Å². The van der Waals surface area contributed by atoms with E-state index in [1.807, 2.05) is 0 Å². The Hall–Kier alpha value is 0.740. The van der Waals surface area contributed by atoms with Gasteiger partial charge in [0.2, 0.25) is 5.79 Å². The Labute approximate surface area is 118 Å². The Morgan fingerprint density at radius 1 is 0.941 bits per heavy atom. The first kappa shape index (κ1) is 14.2. The lowest BCUT2D eigenvalue weighted by atomic mass is 10.0. The molecule has 98 valence electrons. The van der Waals surface area contributed by atoms with Crippen LogP contribution in [0.3, 0.4) is 0 Å². The van der Waals surface area contributed by atoms with Gasteiger partial charge in [-0.2, -0.15) is 0 Å². The highest BCUT2D eigenvalue weighted by Crippen LogP contribution is 2.69. The predicted molar refractivity (Wildman–Crippen MR) is 64.7 cm³/mol. The number of ether oxygens (including phenoxy) is 2. The number of hydrogen-bond donors (Lipinski definition) is 2. The van der Waals surface area contributed by atoms with Gasteiger partial charge in [-0.3, -0.25) is 0 Å². The minimum atomic E-state index is -1.74. The van der Waals surface area contributed by atoms with Crippen LogP contribution in [0.25, 0.3) is 0 Å². The number of aliphatic hydroxyl groups is 2. The summed E-state index contributed by atoms with van der Waals surface area (Å²) in [4.78, 5) is -3.48. The molecule has 0 heterocycles. The second-order valence-corrected chi connectivity index (χ2v) is 5.91. The van der Waals surface area contributed by atoms with E-state index in [4.69, 9.17) is 55.9 Å². The number of fused-ring (bicyclic) bond motifs is 2. The zero-order chi connectivity index (χ0) is 13.2. The van der Waals surface area contributed by atoms with Gasteiger partial charge in [-0.05, 0) is 0 Å². The molecule has 17 heavy (non-hydrogen) atoms. The topological polar surface area (TPSA) is 58.9 Å². The zero-order valence-corrected chi connectivity index (χ0v) is 11.9. The molecule has 2 rings (SSSR count). The van der Waals surface area contributed by atoms with Crippen molar-refractivity contribution in [3.8, 4) is 0 Å². The van der Waals surface area contributed by atoms with Gasteiger partial charge < -0.3 is 19.7 Å². The molecule has 2 bridgehead atoms. The van der Waals surface area contributed by atoms with Gasteiger partial charge in [-0.25, -0.2) is 0 Å². The van der Waals surface area contributed by atoms with Crippen molar-refractivity contribution in [1.29, 1.82) is 0 Å². The van der Waals surface area contributed by atoms with Gasteiger partial charge in [0.15, 0.2) is 9.75 Å². The fraction of sp³-hybridized carbons (Fsp3) is 0.778. The zero-order valence-electron chi connectivity index (χ0n) is 8.88. The van der Waals surface area contributed by atoms with Crippen molar-refractivity contribution in [2.45, 2.75) is 27.7 Å². The van der Waals surface area contributed by atoms with E-state index in [1.54, 1.807) is 0 Å². The van der Waals surface area contributed by atoms with Crippen LogP contribution in [0.4, 0.5) is 0 Å². The largest absolute Gasteiger partial charge is 0.388 e. The predicted octanol–water partition coefficient (Wildman–Crippen LogP) is 1.37. The quantitative estimate of drug-likeness (QED) is 0.595. The van der Waals surface area contributed by atoms with Crippen molar-refractivity contribution >= 4 is 46.4 Å². The number of methoxy groups -OCH3 is 2. The number of halogens is 4. The maximum Gasteiger partial charge on any atom is 0.222 e. The van der Waals surface area contributed by atoms with Gasteiger partial charge >= 0.3 is 0 Å². The van der Waals surface area contributed by atoms with E-state index in [2.05, 4.69) is 0 Å². The summed E-state index contributed by atoms with van der Waals surface area (Å²) in [6, 6.07) is 0. The highest BCUT2D eigenvalue weighted by atomic mass is 35.5. The first-order chi connectivity index (χ1) is 7.75. The van der Waals surface area contributed by atoms with Crippen molar-refractivity contribution in [2.75, 3.05) is 14.2 Å². The molecule has 1 saturated carbocycles. The Morgan fingerprint density at radius 3 is 1.41 bits per heavy atom. The van der Waals surface area contributed by atoms with Gasteiger partial charge in [-0.1, -0.05) is 23.2 Å². The summed E-state index contributed by atoms with van der Waals surface area (Å²) in [6.07, 6.45) is -2.92. The van der Waals surface area contributed by atoms with E-state index in [1.165, 1.54) is 14.2 Å². The third kappa shape index (κ3) is 1.13. The molecular formula is C9H10Cl4O4. The molecule has 0 aromatic carbocycles. The van der Waals surface area contributed by atoms with Crippen LogP contribution in [-0.2, 0) is 9.47 Å². The summed E-state index contributed by atoms with van der Waals surface area (Å²) in [7, 11) is 2.56. The van der Waals surface area contributed by atoms with E-state index in [9.17, 15) is 10.2 Å². The molecule has 0 amide bonds. The van der Waals surface area contributed by atoms with Crippen LogP contribution < -0.4 is 0 Å². The average Bonchev–Trinajstić information content (AvgIpc) is 2.54. The Kier molecular flexibility index (Phi) is 3.22. The average molecular weight is 324 g/mol. The molecule has 8 heteroatoms. The van der Waals surface area contributed by atoms with E-state index < -0.39 is 27.7 Å². The van der Waals surface area contributed by atoms with Crippen LogP contribution in [0.1, 0.15) is 0 Å². The third-order valence-corrected chi connectivity index (χ3v) is 6.07. The van der Waals surface area contributed by atoms with Crippen molar-refractivity contribution < 1.29 is 19.7 Å². The highest BCUT2D eigenvalue weighted by Gasteiger charge is 2.85. The second kappa shape index (κ2) is 3.87. The lowest BCUT2D eigenvalue weighted by molar-refractivity contribution is -0.223. The fourth-order valence-corrected chi connectivity index (χ4v) is 4.58. The normalized spacial score (nSPS) is 48.0. The van der Waals surface area contributed by atoms with E-state index >= 15 is 0 Å². The fourth-order valence-electron chi connectivity index (χ4n) is 2.63. The lowest BCUT2D eigenvalue weighted by Crippen LogP contribution is -2.58. The maximum atomic E-state index is 9.99. The molecule has 0 aliphatic heterocycles. The molecule has 4 atom stereocenters. The SMILES string of the molecule is COC1(OC)C2(Cl)C(Cl)=C(Cl)C1(Cl)C(O)C2O. The van der Waals surface area contributed by atoms with E-state index in [0.717, 1.165) is 0 Å². The molecule has 2 N–H and O–H groups in total. The minimum absolute atomic E-state index is 0.0858. The monoisotopic (exact) mass is 322 g/mol. The molecule has 1 fully saturated rings. The van der Waals surface area contributed by atoms with Gasteiger partial charge in [-0.15, -0.1) is 23.2 Å². The van der Waals surface area contributed by atoms with Crippen molar-refractivity contribution in [1.82, 2.24) is 0 Å². The first-order valence-electron chi connectivity index (χ1n) is 4.66. The summed E-state index contributed by atoms with van der Waals surface area (Å²) in [6.45, 7) is 0. The third-order valence-electron chi connectivity index (χ3n) is 3.48. The van der Waals surface area contributed by atoms with Crippen LogP contribution in [0.15, 0.2) is 10.1 Å². The number of aliphatic hydroxyl groups excluding tert-OH is 2. The van der Waals surface area contributed by atoms with Crippen molar-refractivity contribution in [3.05, 3.63) is 10.1 Å². The molecule has 2 aliphatic carbocycles. The molecule has 0 aromatic heterocycles. The molecule has 2 aliphatic rings. The Balaban J connectivity index is 2.77. The van der Waals surface area contributed by atoms with Crippen molar-refractivity contribution in [3.63, 3.8) is 0 Å². The van der Waals surface area contributed by atoms with Crippen LogP contribution in [0.5, 0.6) is 0 Å². The summed E-state index contributed by atoms with van der Waals surface area (Å²) in [5, 5.41) is 19.8. The number of alkyl halides is 2. The summed E-state index contributed by atoms with van der Waals surface area (Å²) < 4.78 is 10.4. The molecule has 0 radical (unpaired) electrons. The van der Waals surface area contributed by atoms with E-state index in [-0.39, 0.29) is 10.1 Å². The summed E-state index contributed by atoms with van der Waals surface area (Å²) >= 11 is 24.5. The smallest absolute Gasteiger partial charge is 0.222 e. The maximum absolute atomic E-state index is 9.99. The molecule has 0 aromatic rings. The molecule has 0 saturated heterocycles. The highest BCUT2D eigenvalue weighted by molar-refractivity contribution is 6.52. The van der Waals surface area contributed by atoms with Gasteiger partial charge in [0.05, 0.1) is 10.1 Å². The first-order valence-corrected chi connectivity index (χ1v) is 6.17. The van der Waals surface area contributed by atoms with Gasteiger partial charge in [0, 0.05) is 14.2 Å². The van der Waals surface area contributed by atoms with Gasteiger partial charge in [0.25, 0.3) is 0 Å². The van der Waals surface area contributed by atoms with Crippen LogP contribution in [0, 0.1) is 0 Å².